The van der Waals surface area contributed by atoms with E-state index in [1.54, 1.807) is 26.0 Å². The fourth-order valence-corrected chi connectivity index (χ4v) is 6.09. The van der Waals surface area contributed by atoms with Crippen LogP contribution in [0.4, 0.5) is 18.9 Å². The van der Waals surface area contributed by atoms with Crippen LogP contribution in [0.3, 0.4) is 0 Å². The number of rotatable bonds is 4. The van der Waals surface area contributed by atoms with Gasteiger partial charge in [0.05, 0.1) is 22.1 Å². The first-order chi connectivity index (χ1) is 14.4. The Kier molecular flexibility index (Phi) is 6.48. The number of para-hydroxylation sites is 1. The largest absolute Gasteiger partial charge is 0.418 e. The number of hydrogen-bond acceptors (Lipinski definition) is 3. The maximum absolute atomic E-state index is 13.3. The molecule has 5 nitrogen and oxygen atoms in total. The summed E-state index contributed by atoms with van der Waals surface area (Å²) in [6.45, 7) is 5.54. The van der Waals surface area contributed by atoms with Gasteiger partial charge in [0.15, 0.2) is 0 Å². The molecule has 0 saturated carbocycles. The highest BCUT2D eigenvalue weighted by Gasteiger charge is 2.37. The molecule has 3 rings (SSSR count). The number of carbonyl (C=O) groups is 1. The van der Waals surface area contributed by atoms with Crippen LogP contribution in [0.1, 0.15) is 35.1 Å². The van der Waals surface area contributed by atoms with Crippen molar-refractivity contribution in [1.29, 1.82) is 0 Å². The summed E-state index contributed by atoms with van der Waals surface area (Å²) in [7, 11) is -3.84. The van der Waals surface area contributed by atoms with Gasteiger partial charge < -0.3 is 5.32 Å². The van der Waals surface area contributed by atoms with Crippen molar-refractivity contribution in [1.82, 2.24) is 4.31 Å². The summed E-state index contributed by atoms with van der Waals surface area (Å²) in [4.78, 5) is 13.0. The number of alkyl halides is 3. The molecule has 1 heterocycles. The molecule has 31 heavy (non-hydrogen) atoms. The van der Waals surface area contributed by atoms with Crippen molar-refractivity contribution in [3.63, 3.8) is 0 Å². The summed E-state index contributed by atoms with van der Waals surface area (Å²) in [5.74, 6) is -1.36. The summed E-state index contributed by atoms with van der Waals surface area (Å²) < 4.78 is 67.5. The highest BCUT2D eigenvalue weighted by molar-refractivity contribution is 7.89. The number of amides is 1. The lowest BCUT2D eigenvalue weighted by atomic mass is 9.98. The van der Waals surface area contributed by atoms with Crippen molar-refractivity contribution < 1.29 is 26.4 Å². The molecule has 1 aliphatic heterocycles. The molecule has 168 valence electrons. The monoisotopic (exact) mass is 454 g/mol. The lowest BCUT2D eigenvalue weighted by molar-refractivity contribution is -0.137. The molecular formula is C22H25F3N2O3S. The molecule has 1 atom stereocenters. The summed E-state index contributed by atoms with van der Waals surface area (Å²) in [5.41, 5.74) is 0.944. The van der Waals surface area contributed by atoms with E-state index in [1.165, 1.54) is 22.5 Å². The minimum absolute atomic E-state index is 0.0743. The Morgan fingerprint density at radius 1 is 1.10 bits per heavy atom. The molecule has 1 N–H and O–H groups in total. The van der Waals surface area contributed by atoms with Gasteiger partial charge in [-0.1, -0.05) is 29.8 Å². The van der Waals surface area contributed by atoms with Gasteiger partial charge >= 0.3 is 6.18 Å². The number of piperidine rings is 1. The third kappa shape index (κ3) is 4.93. The van der Waals surface area contributed by atoms with E-state index >= 15 is 0 Å². The molecule has 1 saturated heterocycles. The second-order valence-electron chi connectivity index (χ2n) is 7.96. The number of nitrogens with zero attached hydrogens (tertiary/aromatic N) is 1. The third-order valence-electron chi connectivity index (χ3n) is 5.45. The Morgan fingerprint density at radius 2 is 1.71 bits per heavy atom. The number of nitrogens with one attached hydrogen (secondary N) is 1. The highest BCUT2D eigenvalue weighted by atomic mass is 32.2. The third-order valence-corrected chi connectivity index (χ3v) is 7.62. The Hall–Kier alpha value is -2.39. The smallest absolute Gasteiger partial charge is 0.325 e. The molecule has 0 aromatic heterocycles. The molecule has 0 aliphatic carbocycles. The van der Waals surface area contributed by atoms with Crippen molar-refractivity contribution in [3.8, 4) is 0 Å². The van der Waals surface area contributed by atoms with Gasteiger partial charge in [-0.15, -0.1) is 0 Å². The van der Waals surface area contributed by atoms with Crippen molar-refractivity contribution in [3.05, 3.63) is 58.7 Å². The van der Waals surface area contributed by atoms with Gasteiger partial charge in [0.25, 0.3) is 0 Å². The van der Waals surface area contributed by atoms with E-state index in [0.717, 1.165) is 11.6 Å². The van der Waals surface area contributed by atoms with Gasteiger partial charge in [-0.2, -0.15) is 17.5 Å². The molecule has 1 aliphatic rings. The first-order valence-electron chi connectivity index (χ1n) is 9.96. The maximum Gasteiger partial charge on any atom is 0.418 e. The Balaban J connectivity index is 1.82. The SMILES string of the molecule is Cc1cc(C)c(S(=O)(=O)N2CCC[C@@H](C(=O)Nc3ccccc3C(F)(F)F)C2)c(C)c1. The number of sulfonamides is 1. The van der Waals surface area contributed by atoms with Gasteiger partial charge in [0.1, 0.15) is 0 Å². The fraction of sp³-hybridized carbons (Fsp3) is 0.409. The van der Waals surface area contributed by atoms with Gasteiger partial charge in [0, 0.05) is 13.1 Å². The van der Waals surface area contributed by atoms with E-state index in [2.05, 4.69) is 5.32 Å². The molecule has 2 aromatic rings. The molecular weight excluding hydrogens is 429 g/mol. The molecule has 9 heteroatoms. The van der Waals surface area contributed by atoms with E-state index in [9.17, 15) is 26.4 Å². The topological polar surface area (TPSA) is 66.5 Å². The average molecular weight is 455 g/mol. The number of anilines is 1. The zero-order chi connectivity index (χ0) is 23.0. The highest BCUT2D eigenvalue weighted by Crippen LogP contribution is 2.35. The van der Waals surface area contributed by atoms with E-state index in [-0.39, 0.29) is 23.7 Å². The van der Waals surface area contributed by atoms with E-state index in [0.29, 0.717) is 24.0 Å². The zero-order valence-corrected chi connectivity index (χ0v) is 18.4. The second kappa shape index (κ2) is 8.63. The summed E-state index contributed by atoms with van der Waals surface area (Å²) in [6.07, 6.45) is -3.76. The Morgan fingerprint density at radius 3 is 2.32 bits per heavy atom. The van der Waals surface area contributed by atoms with E-state index in [1.807, 2.05) is 6.92 Å². The predicted octanol–water partition coefficient (Wildman–Crippen LogP) is 4.67. The second-order valence-corrected chi connectivity index (χ2v) is 9.84. The summed E-state index contributed by atoms with van der Waals surface area (Å²) in [5, 5.41) is 2.35. The van der Waals surface area contributed by atoms with Gasteiger partial charge in [-0.3, -0.25) is 4.79 Å². The molecule has 0 spiro atoms. The van der Waals surface area contributed by atoms with Crippen LogP contribution in [0.15, 0.2) is 41.3 Å². The van der Waals surface area contributed by atoms with Crippen LogP contribution < -0.4 is 5.32 Å². The van der Waals surface area contributed by atoms with Crippen molar-refractivity contribution in [2.45, 2.75) is 44.7 Å². The number of carbonyl (C=O) groups excluding carboxylic acids is 1. The van der Waals surface area contributed by atoms with Crippen LogP contribution in [0, 0.1) is 26.7 Å². The van der Waals surface area contributed by atoms with Crippen LogP contribution in [0.5, 0.6) is 0 Å². The minimum Gasteiger partial charge on any atom is -0.325 e. The number of benzene rings is 2. The molecule has 1 fully saturated rings. The van der Waals surface area contributed by atoms with Crippen molar-refractivity contribution in [2.75, 3.05) is 18.4 Å². The predicted molar refractivity (Wildman–Crippen MR) is 112 cm³/mol. The standard InChI is InChI=1S/C22H25F3N2O3S/c1-14-11-15(2)20(16(3)12-14)31(29,30)27-10-6-7-17(13-27)21(28)26-19-9-5-4-8-18(19)22(23,24)25/h4-5,8-9,11-12,17H,6-7,10,13H2,1-3H3,(H,26,28)/t17-/m1/s1. The molecule has 2 aromatic carbocycles. The van der Waals surface area contributed by atoms with Gasteiger partial charge in [0.2, 0.25) is 15.9 Å². The summed E-state index contributed by atoms with van der Waals surface area (Å²) in [6, 6.07) is 8.34. The normalized spacial score (nSPS) is 18.1. The number of halogens is 3. The van der Waals surface area contributed by atoms with E-state index in [4.69, 9.17) is 0 Å². The lowest BCUT2D eigenvalue weighted by Crippen LogP contribution is -2.44. The van der Waals surface area contributed by atoms with E-state index < -0.39 is 33.6 Å². The minimum atomic E-state index is -4.60. The van der Waals surface area contributed by atoms with Crippen molar-refractivity contribution >= 4 is 21.6 Å². The first-order valence-corrected chi connectivity index (χ1v) is 11.4. The maximum atomic E-state index is 13.3. The fourth-order valence-electron chi connectivity index (χ4n) is 4.15. The van der Waals surface area contributed by atoms with Crippen LogP contribution in [0.2, 0.25) is 0 Å². The molecule has 1 amide bonds. The lowest BCUT2D eigenvalue weighted by Gasteiger charge is -2.32. The van der Waals surface area contributed by atoms with Crippen LogP contribution in [-0.2, 0) is 21.0 Å². The molecule has 0 bridgehead atoms. The molecule has 0 radical (unpaired) electrons. The number of hydrogen-bond donors (Lipinski definition) is 1. The quantitative estimate of drug-likeness (QED) is 0.730. The van der Waals surface area contributed by atoms with Gasteiger partial charge in [-0.05, 0) is 56.9 Å². The Labute approximate surface area is 180 Å². The van der Waals surface area contributed by atoms with Crippen LogP contribution in [-0.4, -0.2) is 31.7 Å². The Bertz CT molecular complexity index is 1070. The van der Waals surface area contributed by atoms with Crippen LogP contribution in [0.25, 0.3) is 0 Å². The number of aryl methyl sites for hydroxylation is 3. The van der Waals surface area contributed by atoms with Gasteiger partial charge in [-0.25, -0.2) is 8.42 Å². The van der Waals surface area contributed by atoms with Crippen molar-refractivity contribution in [2.24, 2.45) is 5.92 Å². The van der Waals surface area contributed by atoms with Crippen LogP contribution >= 0.6 is 0 Å². The average Bonchev–Trinajstić information content (AvgIpc) is 2.66. The molecule has 0 unspecified atom stereocenters. The zero-order valence-electron chi connectivity index (χ0n) is 17.6. The summed E-state index contributed by atoms with van der Waals surface area (Å²) >= 11 is 0. The first kappa shape index (κ1) is 23.3.